The number of hydrogen-bond donors (Lipinski definition) is 1. The van der Waals surface area contributed by atoms with E-state index in [2.05, 4.69) is 15.9 Å². The molecule has 0 aliphatic carbocycles. The highest BCUT2D eigenvalue weighted by molar-refractivity contribution is 9.10. The van der Waals surface area contributed by atoms with Crippen molar-refractivity contribution in [2.24, 2.45) is 0 Å². The first-order valence-electron chi connectivity index (χ1n) is 9.72. The third kappa shape index (κ3) is 5.11. The van der Waals surface area contributed by atoms with E-state index in [1.165, 1.54) is 41.8 Å². The van der Waals surface area contributed by atoms with Crippen molar-refractivity contribution < 1.29 is 23.1 Å². The molecule has 1 heterocycles. The Morgan fingerprint density at radius 3 is 2.33 bits per heavy atom. The molecular weight excluding hydrogens is 470 g/mol. The van der Waals surface area contributed by atoms with Crippen LogP contribution in [0.2, 0.25) is 0 Å². The number of ketones is 1. The third-order valence-electron chi connectivity index (χ3n) is 5.04. The van der Waals surface area contributed by atoms with Crippen molar-refractivity contribution in [1.82, 2.24) is 4.31 Å². The first-order chi connectivity index (χ1) is 14.3. The Bertz CT molecular complexity index is 1040. The van der Waals surface area contributed by atoms with Crippen LogP contribution in [-0.2, 0) is 10.0 Å². The minimum absolute atomic E-state index is 0.0119. The summed E-state index contributed by atoms with van der Waals surface area (Å²) in [6.45, 7) is 1.08. The number of carbonyl (C=O) groups excluding carboxylic acids is 1. The van der Waals surface area contributed by atoms with Crippen LogP contribution in [0.25, 0.3) is 6.08 Å². The van der Waals surface area contributed by atoms with E-state index in [0.29, 0.717) is 34.4 Å². The van der Waals surface area contributed by atoms with Crippen LogP contribution in [0, 0.1) is 0 Å². The second-order valence-corrected chi connectivity index (χ2v) is 9.89. The Morgan fingerprint density at radius 1 is 1.10 bits per heavy atom. The second kappa shape index (κ2) is 9.76. The normalized spacial score (nSPS) is 15.8. The zero-order valence-electron chi connectivity index (χ0n) is 16.7. The summed E-state index contributed by atoms with van der Waals surface area (Å²) in [4.78, 5) is 12.7. The number of nitrogens with zero attached hydrogens (tertiary/aromatic N) is 1. The third-order valence-corrected chi connectivity index (χ3v) is 7.56. The van der Waals surface area contributed by atoms with E-state index in [1.54, 1.807) is 18.2 Å². The van der Waals surface area contributed by atoms with E-state index in [4.69, 9.17) is 4.74 Å². The monoisotopic (exact) mass is 493 g/mol. The van der Waals surface area contributed by atoms with Gasteiger partial charge in [0.2, 0.25) is 10.0 Å². The molecule has 1 N–H and O–H groups in total. The van der Waals surface area contributed by atoms with E-state index >= 15 is 0 Å². The summed E-state index contributed by atoms with van der Waals surface area (Å²) in [6, 6.07) is 9.32. The maximum Gasteiger partial charge on any atom is 0.243 e. The lowest BCUT2D eigenvalue weighted by Crippen LogP contribution is -2.31. The van der Waals surface area contributed by atoms with Gasteiger partial charge in [0.05, 0.1) is 16.5 Å². The van der Waals surface area contributed by atoms with E-state index < -0.39 is 10.0 Å². The van der Waals surface area contributed by atoms with Gasteiger partial charge < -0.3 is 9.84 Å². The fraction of sp³-hybridized carbons (Fsp3) is 0.318. The van der Waals surface area contributed by atoms with Crippen LogP contribution < -0.4 is 4.74 Å². The van der Waals surface area contributed by atoms with Crippen molar-refractivity contribution in [2.45, 2.75) is 30.6 Å². The molecule has 0 spiro atoms. The molecular formula is C22H24BrNO5S. The highest BCUT2D eigenvalue weighted by Gasteiger charge is 2.25. The van der Waals surface area contributed by atoms with Gasteiger partial charge >= 0.3 is 0 Å². The number of halogens is 1. The van der Waals surface area contributed by atoms with Crippen molar-refractivity contribution in [3.63, 3.8) is 0 Å². The molecule has 2 aromatic rings. The van der Waals surface area contributed by atoms with E-state index in [0.717, 1.165) is 25.7 Å². The average molecular weight is 494 g/mol. The molecule has 3 rings (SSSR count). The van der Waals surface area contributed by atoms with E-state index in [-0.39, 0.29) is 16.4 Å². The molecule has 6 nitrogen and oxygen atoms in total. The van der Waals surface area contributed by atoms with Gasteiger partial charge in [-0.1, -0.05) is 18.9 Å². The Kier molecular flexibility index (Phi) is 7.33. The number of aromatic hydroxyl groups is 1. The molecule has 0 amide bonds. The standard InChI is InChI=1S/C22H24BrNO5S/c1-29-21-15-16(14-19(23)22(21)26)6-11-20(25)17-7-9-18(10-8-17)30(27,28)24-12-4-2-3-5-13-24/h6-11,14-15,26H,2-5,12-13H2,1H3. The smallest absolute Gasteiger partial charge is 0.243 e. The molecule has 160 valence electrons. The summed E-state index contributed by atoms with van der Waals surface area (Å²) < 4.78 is 32.8. The molecule has 0 bridgehead atoms. The van der Waals surface area contributed by atoms with Crippen LogP contribution in [0.5, 0.6) is 11.5 Å². The first kappa shape index (κ1) is 22.5. The first-order valence-corrected chi connectivity index (χ1v) is 12.0. The molecule has 1 aliphatic heterocycles. The number of benzene rings is 2. The van der Waals surface area contributed by atoms with E-state index in [9.17, 15) is 18.3 Å². The summed E-state index contributed by atoms with van der Waals surface area (Å²) >= 11 is 3.24. The lowest BCUT2D eigenvalue weighted by molar-refractivity contribution is 0.104. The zero-order valence-corrected chi connectivity index (χ0v) is 19.1. The topological polar surface area (TPSA) is 83.9 Å². The van der Waals surface area contributed by atoms with Gasteiger partial charge in [0.15, 0.2) is 17.3 Å². The van der Waals surface area contributed by atoms with Gasteiger partial charge in [-0.25, -0.2) is 8.42 Å². The minimum atomic E-state index is -3.54. The number of ether oxygens (including phenoxy) is 1. The molecule has 1 aliphatic rings. The number of phenolic OH excluding ortho intramolecular Hbond substituents is 1. The fourth-order valence-electron chi connectivity index (χ4n) is 3.34. The second-order valence-electron chi connectivity index (χ2n) is 7.09. The molecule has 8 heteroatoms. The largest absolute Gasteiger partial charge is 0.503 e. The van der Waals surface area contributed by atoms with Crippen LogP contribution in [0.4, 0.5) is 0 Å². The Balaban J connectivity index is 1.75. The number of carbonyl (C=O) groups is 1. The van der Waals surface area contributed by atoms with Crippen molar-refractivity contribution in [1.29, 1.82) is 0 Å². The average Bonchev–Trinajstić information content (AvgIpc) is 3.04. The molecule has 2 aromatic carbocycles. The van der Waals surface area contributed by atoms with Crippen LogP contribution >= 0.6 is 15.9 Å². The number of methoxy groups -OCH3 is 1. The molecule has 0 aromatic heterocycles. The van der Waals surface area contributed by atoms with Crippen LogP contribution in [0.1, 0.15) is 41.6 Å². The van der Waals surface area contributed by atoms with Crippen LogP contribution in [0.15, 0.2) is 51.8 Å². The zero-order chi connectivity index (χ0) is 21.7. The van der Waals surface area contributed by atoms with Gasteiger partial charge in [-0.05, 0) is 76.8 Å². The van der Waals surface area contributed by atoms with Gasteiger partial charge in [-0.3, -0.25) is 4.79 Å². The van der Waals surface area contributed by atoms with Crippen LogP contribution in [0.3, 0.4) is 0 Å². The predicted molar refractivity (Wildman–Crippen MR) is 119 cm³/mol. The molecule has 1 fully saturated rings. The Labute approximate surface area is 185 Å². The fourth-order valence-corrected chi connectivity index (χ4v) is 5.31. The minimum Gasteiger partial charge on any atom is -0.503 e. The van der Waals surface area contributed by atoms with Gasteiger partial charge in [-0.15, -0.1) is 0 Å². The Morgan fingerprint density at radius 2 is 1.73 bits per heavy atom. The molecule has 0 atom stereocenters. The van der Waals surface area contributed by atoms with Crippen molar-refractivity contribution in [3.8, 4) is 11.5 Å². The maximum absolute atomic E-state index is 12.8. The lowest BCUT2D eigenvalue weighted by Gasteiger charge is -2.19. The summed E-state index contributed by atoms with van der Waals surface area (Å²) in [5, 5.41) is 9.86. The van der Waals surface area contributed by atoms with Crippen molar-refractivity contribution >= 4 is 37.8 Å². The highest BCUT2D eigenvalue weighted by atomic mass is 79.9. The number of allylic oxidation sites excluding steroid dienone is 1. The molecule has 0 unspecified atom stereocenters. The quantitative estimate of drug-likeness (QED) is 0.468. The predicted octanol–water partition coefficient (Wildman–Crippen LogP) is 4.62. The van der Waals surface area contributed by atoms with Gasteiger partial charge in [0, 0.05) is 18.7 Å². The maximum atomic E-state index is 12.8. The van der Waals surface area contributed by atoms with Gasteiger partial charge in [0.25, 0.3) is 0 Å². The SMILES string of the molecule is COc1cc(C=CC(=O)c2ccc(S(=O)(=O)N3CCCCCC3)cc2)cc(Br)c1O. The lowest BCUT2D eigenvalue weighted by atomic mass is 10.1. The number of rotatable bonds is 6. The van der Waals surface area contributed by atoms with E-state index in [1.807, 2.05) is 0 Å². The summed E-state index contributed by atoms with van der Waals surface area (Å²) in [7, 11) is -2.09. The molecule has 0 radical (unpaired) electrons. The molecule has 1 saturated heterocycles. The van der Waals surface area contributed by atoms with Crippen LogP contribution in [-0.4, -0.2) is 43.8 Å². The van der Waals surface area contributed by atoms with Crippen molar-refractivity contribution in [2.75, 3.05) is 20.2 Å². The van der Waals surface area contributed by atoms with Gasteiger partial charge in [-0.2, -0.15) is 4.31 Å². The molecule has 30 heavy (non-hydrogen) atoms. The molecule has 0 saturated carbocycles. The highest BCUT2D eigenvalue weighted by Crippen LogP contribution is 2.35. The summed E-state index contributed by atoms with van der Waals surface area (Å²) in [6.07, 6.45) is 6.86. The van der Waals surface area contributed by atoms with Gasteiger partial charge in [0.1, 0.15) is 0 Å². The number of hydrogen-bond acceptors (Lipinski definition) is 5. The number of sulfonamides is 1. The summed E-state index contributed by atoms with van der Waals surface area (Å²) in [5.41, 5.74) is 1.07. The summed E-state index contributed by atoms with van der Waals surface area (Å²) in [5.74, 6) is 0.0265. The Hall–Kier alpha value is -2.16. The number of phenols is 1. The van der Waals surface area contributed by atoms with Crippen molar-refractivity contribution in [3.05, 3.63) is 58.1 Å².